The lowest BCUT2D eigenvalue weighted by Crippen LogP contribution is -2.39. The maximum absolute atomic E-state index is 12.2. The van der Waals surface area contributed by atoms with E-state index in [1.807, 2.05) is 12.1 Å². The van der Waals surface area contributed by atoms with Gasteiger partial charge in [0.25, 0.3) is 5.56 Å². The molecule has 2 aromatic rings. The van der Waals surface area contributed by atoms with Gasteiger partial charge in [-0.05, 0) is 25.0 Å². The van der Waals surface area contributed by atoms with Crippen molar-refractivity contribution >= 4 is 17.5 Å². The van der Waals surface area contributed by atoms with Crippen LogP contribution in [0.3, 0.4) is 0 Å². The minimum absolute atomic E-state index is 0.00321. The molecule has 1 heterocycles. The summed E-state index contributed by atoms with van der Waals surface area (Å²) in [6.07, 6.45) is 7.02. The first kappa shape index (κ1) is 16.7. The van der Waals surface area contributed by atoms with E-state index in [1.165, 1.54) is 23.4 Å². The maximum Gasteiger partial charge on any atom is 0.254 e. The predicted octanol–water partition coefficient (Wildman–Crippen LogP) is 3.01. The Hall–Kier alpha value is -2.14. The molecule has 1 N–H and O–H groups in total. The second-order valence-electron chi connectivity index (χ2n) is 6.15. The molecular formula is C18H20ClN3O2. The van der Waals surface area contributed by atoms with Gasteiger partial charge in [0.15, 0.2) is 0 Å². The monoisotopic (exact) mass is 345 g/mol. The molecule has 1 aromatic heterocycles. The van der Waals surface area contributed by atoms with Crippen molar-refractivity contribution in [2.45, 2.75) is 44.7 Å². The highest BCUT2D eigenvalue weighted by molar-refractivity contribution is 6.30. The molecule has 0 atom stereocenters. The summed E-state index contributed by atoms with van der Waals surface area (Å²) in [5.41, 5.74) is 1.14. The molecule has 1 aliphatic carbocycles. The van der Waals surface area contributed by atoms with Gasteiger partial charge < -0.3 is 5.32 Å². The molecule has 3 rings (SSSR count). The Balaban J connectivity index is 1.67. The van der Waals surface area contributed by atoms with E-state index >= 15 is 0 Å². The molecule has 1 amide bonds. The molecule has 6 heteroatoms. The zero-order valence-corrected chi connectivity index (χ0v) is 14.1. The number of hydrogen-bond donors (Lipinski definition) is 1. The lowest BCUT2D eigenvalue weighted by Gasteiger charge is -2.22. The normalized spacial score (nSPS) is 15.2. The van der Waals surface area contributed by atoms with Crippen LogP contribution >= 0.6 is 11.6 Å². The molecule has 126 valence electrons. The summed E-state index contributed by atoms with van der Waals surface area (Å²) >= 11 is 5.86. The van der Waals surface area contributed by atoms with Crippen molar-refractivity contribution in [3.05, 3.63) is 52.0 Å². The Morgan fingerprint density at radius 2 is 1.92 bits per heavy atom. The Morgan fingerprint density at radius 3 is 2.58 bits per heavy atom. The molecule has 0 radical (unpaired) electrons. The number of benzene rings is 1. The highest BCUT2D eigenvalue weighted by atomic mass is 35.5. The third kappa shape index (κ3) is 4.23. The summed E-state index contributed by atoms with van der Waals surface area (Å²) in [4.78, 5) is 28.6. The molecular weight excluding hydrogens is 326 g/mol. The fraction of sp³-hybridized carbons (Fsp3) is 0.389. The molecule has 24 heavy (non-hydrogen) atoms. The molecule has 0 saturated heterocycles. The van der Waals surface area contributed by atoms with E-state index in [0.717, 1.165) is 31.2 Å². The van der Waals surface area contributed by atoms with Crippen LogP contribution in [0.15, 0.2) is 41.5 Å². The molecule has 1 aliphatic rings. The summed E-state index contributed by atoms with van der Waals surface area (Å²) in [6, 6.07) is 8.80. The highest BCUT2D eigenvalue weighted by Gasteiger charge is 2.16. The first-order valence-corrected chi connectivity index (χ1v) is 8.61. The number of aromatic nitrogens is 2. The van der Waals surface area contributed by atoms with Crippen LogP contribution in [0, 0.1) is 0 Å². The van der Waals surface area contributed by atoms with Crippen LogP contribution in [0.5, 0.6) is 0 Å². The fourth-order valence-corrected chi connectivity index (χ4v) is 3.12. The Bertz CT molecular complexity index is 765. The predicted molar refractivity (Wildman–Crippen MR) is 94.0 cm³/mol. The van der Waals surface area contributed by atoms with Crippen LogP contribution in [0.1, 0.15) is 32.1 Å². The molecule has 1 fully saturated rings. The van der Waals surface area contributed by atoms with Gasteiger partial charge in [0.2, 0.25) is 5.91 Å². The number of nitrogens with one attached hydrogen (secondary N) is 1. The van der Waals surface area contributed by atoms with Gasteiger partial charge >= 0.3 is 0 Å². The second-order valence-corrected chi connectivity index (χ2v) is 6.59. The van der Waals surface area contributed by atoms with Gasteiger partial charge in [-0.1, -0.05) is 43.0 Å². The molecule has 0 bridgehead atoms. The summed E-state index contributed by atoms with van der Waals surface area (Å²) in [5.74, 6) is -0.134. The summed E-state index contributed by atoms with van der Waals surface area (Å²) < 4.78 is 1.33. The van der Waals surface area contributed by atoms with Crippen LogP contribution in [0.4, 0.5) is 0 Å². The summed E-state index contributed by atoms with van der Waals surface area (Å²) in [5, 5.41) is 3.64. The number of carbonyl (C=O) groups is 1. The molecule has 1 saturated carbocycles. The summed E-state index contributed by atoms with van der Waals surface area (Å²) in [6.45, 7) is 0.00321. The molecule has 1 aromatic carbocycles. The third-order valence-corrected chi connectivity index (χ3v) is 4.56. The molecule has 0 aliphatic heterocycles. The minimum Gasteiger partial charge on any atom is -0.352 e. The molecule has 0 spiro atoms. The quantitative estimate of drug-likeness (QED) is 0.926. The van der Waals surface area contributed by atoms with Crippen LogP contribution in [0.25, 0.3) is 11.3 Å². The van der Waals surface area contributed by atoms with Gasteiger partial charge in [0, 0.05) is 22.7 Å². The largest absolute Gasteiger partial charge is 0.352 e. The summed E-state index contributed by atoms with van der Waals surface area (Å²) in [7, 11) is 0. The lowest BCUT2D eigenvalue weighted by atomic mass is 9.95. The average Bonchev–Trinajstić information content (AvgIpc) is 2.58. The number of halogens is 1. The van der Waals surface area contributed by atoms with Crippen molar-refractivity contribution in [1.29, 1.82) is 0 Å². The molecule has 0 unspecified atom stereocenters. The zero-order valence-electron chi connectivity index (χ0n) is 13.4. The standard InChI is InChI=1S/C18H20ClN3O2/c19-14-8-6-13(7-9-14)16-10-18(24)22(12-20-16)11-17(23)21-15-4-2-1-3-5-15/h6-10,12,15H,1-5,11H2,(H,21,23). The van der Waals surface area contributed by atoms with E-state index in [1.54, 1.807) is 12.1 Å². The average molecular weight is 346 g/mol. The lowest BCUT2D eigenvalue weighted by molar-refractivity contribution is -0.122. The van der Waals surface area contributed by atoms with Gasteiger partial charge in [0.1, 0.15) is 6.54 Å². The van der Waals surface area contributed by atoms with Gasteiger partial charge in [-0.15, -0.1) is 0 Å². The highest BCUT2D eigenvalue weighted by Crippen LogP contribution is 2.18. The van der Waals surface area contributed by atoms with Crippen molar-refractivity contribution in [2.24, 2.45) is 0 Å². The minimum atomic E-state index is -0.242. The van der Waals surface area contributed by atoms with E-state index in [9.17, 15) is 9.59 Å². The Labute approximate surface area is 145 Å². The van der Waals surface area contributed by atoms with Crippen LogP contribution in [-0.4, -0.2) is 21.5 Å². The first-order valence-electron chi connectivity index (χ1n) is 8.23. The van der Waals surface area contributed by atoms with Crippen molar-refractivity contribution < 1.29 is 4.79 Å². The maximum atomic E-state index is 12.2. The number of hydrogen-bond acceptors (Lipinski definition) is 3. The van der Waals surface area contributed by atoms with Crippen LogP contribution in [-0.2, 0) is 11.3 Å². The number of nitrogens with zero attached hydrogens (tertiary/aromatic N) is 2. The smallest absolute Gasteiger partial charge is 0.254 e. The third-order valence-electron chi connectivity index (χ3n) is 4.30. The van der Waals surface area contributed by atoms with E-state index in [4.69, 9.17) is 11.6 Å². The van der Waals surface area contributed by atoms with E-state index in [-0.39, 0.29) is 24.1 Å². The van der Waals surface area contributed by atoms with Gasteiger partial charge in [-0.2, -0.15) is 0 Å². The number of amides is 1. The van der Waals surface area contributed by atoms with Crippen LogP contribution in [0.2, 0.25) is 5.02 Å². The van der Waals surface area contributed by atoms with Crippen molar-refractivity contribution in [1.82, 2.24) is 14.9 Å². The van der Waals surface area contributed by atoms with Crippen molar-refractivity contribution in [2.75, 3.05) is 0 Å². The van der Waals surface area contributed by atoms with Crippen molar-refractivity contribution in [3.63, 3.8) is 0 Å². The number of rotatable bonds is 4. The van der Waals surface area contributed by atoms with Gasteiger partial charge in [-0.25, -0.2) is 4.98 Å². The van der Waals surface area contributed by atoms with Crippen molar-refractivity contribution in [3.8, 4) is 11.3 Å². The number of carbonyl (C=O) groups excluding carboxylic acids is 1. The van der Waals surface area contributed by atoms with E-state index in [2.05, 4.69) is 10.3 Å². The van der Waals surface area contributed by atoms with E-state index < -0.39 is 0 Å². The zero-order chi connectivity index (χ0) is 16.9. The Morgan fingerprint density at radius 1 is 1.21 bits per heavy atom. The second kappa shape index (κ2) is 7.62. The first-order chi connectivity index (χ1) is 11.6. The van der Waals surface area contributed by atoms with E-state index in [0.29, 0.717) is 10.7 Å². The Kier molecular flexibility index (Phi) is 5.30. The molecule has 5 nitrogen and oxygen atoms in total. The topological polar surface area (TPSA) is 64.0 Å². The van der Waals surface area contributed by atoms with Gasteiger partial charge in [0.05, 0.1) is 12.0 Å². The SMILES string of the molecule is O=C(Cn1cnc(-c2ccc(Cl)cc2)cc1=O)NC1CCCCC1. The fourth-order valence-electron chi connectivity index (χ4n) is 3.00. The van der Waals surface area contributed by atoms with Gasteiger partial charge in [-0.3, -0.25) is 14.2 Å². The van der Waals surface area contributed by atoms with Crippen LogP contribution < -0.4 is 10.9 Å².